The van der Waals surface area contributed by atoms with Crippen LogP contribution in [0.3, 0.4) is 0 Å². The van der Waals surface area contributed by atoms with Crippen LogP contribution in [0.2, 0.25) is 0 Å². The summed E-state index contributed by atoms with van der Waals surface area (Å²) < 4.78 is 15.6. The molecule has 1 fully saturated rings. The van der Waals surface area contributed by atoms with Crippen LogP contribution in [0.1, 0.15) is 48.0 Å². The molecule has 144 valence electrons. The lowest BCUT2D eigenvalue weighted by Crippen LogP contribution is -2.52. The molecule has 1 heterocycles. The van der Waals surface area contributed by atoms with Gasteiger partial charge in [0.05, 0.1) is 13.7 Å². The molecule has 1 aliphatic heterocycles. The zero-order chi connectivity index (χ0) is 19.4. The molecule has 0 radical (unpaired) electrons. The Kier molecular flexibility index (Phi) is 6.68. The van der Waals surface area contributed by atoms with Crippen LogP contribution in [0, 0.1) is 0 Å². The van der Waals surface area contributed by atoms with Gasteiger partial charge in [0, 0.05) is 13.1 Å². The molecular formula is C17H30N2O6. The lowest BCUT2D eigenvalue weighted by atomic mass is 10.2. The van der Waals surface area contributed by atoms with Crippen molar-refractivity contribution in [2.24, 2.45) is 0 Å². The predicted octanol–water partition coefficient (Wildman–Crippen LogP) is 2.41. The number of esters is 1. The highest BCUT2D eigenvalue weighted by atomic mass is 16.6. The number of rotatable bonds is 1. The topological polar surface area (TPSA) is 85.4 Å². The van der Waals surface area contributed by atoms with Gasteiger partial charge in [-0.05, 0) is 48.0 Å². The van der Waals surface area contributed by atoms with E-state index in [1.165, 1.54) is 16.9 Å². The van der Waals surface area contributed by atoms with E-state index < -0.39 is 35.4 Å². The average Bonchev–Trinajstić information content (AvgIpc) is 2.65. The van der Waals surface area contributed by atoms with E-state index in [4.69, 9.17) is 14.2 Å². The molecule has 0 spiro atoms. The van der Waals surface area contributed by atoms with Crippen molar-refractivity contribution in [3.05, 3.63) is 0 Å². The van der Waals surface area contributed by atoms with E-state index in [2.05, 4.69) is 0 Å². The van der Waals surface area contributed by atoms with Gasteiger partial charge in [0.15, 0.2) is 6.04 Å². The Labute approximate surface area is 149 Å². The third-order valence-electron chi connectivity index (χ3n) is 3.35. The van der Waals surface area contributed by atoms with E-state index in [0.717, 1.165) is 0 Å². The zero-order valence-corrected chi connectivity index (χ0v) is 16.2. The summed E-state index contributed by atoms with van der Waals surface area (Å²) >= 11 is 0. The van der Waals surface area contributed by atoms with Gasteiger partial charge < -0.3 is 19.1 Å². The van der Waals surface area contributed by atoms with Crippen LogP contribution in [0.15, 0.2) is 0 Å². The molecule has 0 aromatic carbocycles. The molecule has 0 aromatic heterocycles. The number of hydrogen-bond donors (Lipinski definition) is 0. The van der Waals surface area contributed by atoms with Crippen molar-refractivity contribution in [1.82, 2.24) is 9.80 Å². The number of hydrogen-bond acceptors (Lipinski definition) is 6. The number of carbonyl (C=O) groups is 3. The van der Waals surface area contributed by atoms with E-state index in [0.29, 0.717) is 13.0 Å². The van der Waals surface area contributed by atoms with Crippen molar-refractivity contribution in [3.8, 4) is 0 Å². The molecule has 2 amide bonds. The Morgan fingerprint density at radius 3 is 1.88 bits per heavy atom. The van der Waals surface area contributed by atoms with Crippen molar-refractivity contribution in [2.75, 3.05) is 26.7 Å². The largest absolute Gasteiger partial charge is 0.467 e. The normalized spacial score (nSPS) is 19.1. The fourth-order valence-corrected chi connectivity index (χ4v) is 2.36. The van der Waals surface area contributed by atoms with Gasteiger partial charge in [-0.1, -0.05) is 0 Å². The van der Waals surface area contributed by atoms with Crippen molar-refractivity contribution in [3.63, 3.8) is 0 Å². The molecule has 0 aromatic rings. The minimum absolute atomic E-state index is 0.000823. The number of ether oxygens (including phenoxy) is 3. The maximum absolute atomic E-state index is 12.5. The first kappa shape index (κ1) is 21.1. The smallest absolute Gasteiger partial charge is 0.411 e. The summed E-state index contributed by atoms with van der Waals surface area (Å²) in [5, 5.41) is 0. The van der Waals surface area contributed by atoms with E-state index >= 15 is 0 Å². The van der Waals surface area contributed by atoms with Crippen molar-refractivity contribution in [1.29, 1.82) is 0 Å². The second-order valence-electron chi connectivity index (χ2n) is 7.99. The van der Waals surface area contributed by atoms with E-state index in [9.17, 15) is 14.4 Å². The predicted molar refractivity (Wildman–Crippen MR) is 91.2 cm³/mol. The first-order valence-electron chi connectivity index (χ1n) is 8.39. The van der Waals surface area contributed by atoms with Gasteiger partial charge >= 0.3 is 18.2 Å². The molecule has 1 saturated heterocycles. The SMILES string of the molecule is COC(=O)[C@@H]1CN(C(=O)OC(C)(C)C)CCCN1C(=O)OC(C)(C)C. The van der Waals surface area contributed by atoms with Gasteiger partial charge in [-0.15, -0.1) is 0 Å². The Morgan fingerprint density at radius 1 is 0.880 bits per heavy atom. The molecule has 25 heavy (non-hydrogen) atoms. The highest BCUT2D eigenvalue weighted by molar-refractivity contribution is 5.82. The molecule has 8 nitrogen and oxygen atoms in total. The molecule has 0 aliphatic carbocycles. The van der Waals surface area contributed by atoms with E-state index in [1.807, 2.05) is 0 Å². The highest BCUT2D eigenvalue weighted by Crippen LogP contribution is 2.19. The van der Waals surface area contributed by atoms with Crippen LogP contribution >= 0.6 is 0 Å². The fourth-order valence-electron chi connectivity index (χ4n) is 2.36. The summed E-state index contributed by atoms with van der Waals surface area (Å²) in [6.45, 7) is 11.2. The number of methoxy groups -OCH3 is 1. The third-order valence-corrected chi connectivity index (χ3v) is 3.35. The Bertz CT molecular complexity index is 506. The summed E-state index contributed by atoms with van der Waals surface area (Å²) in [6, 6.07) is -0.935. The summed E-state index contributed by atoms with van der Waals surface area (Å²) in [5.41, 5.74) is -1.33. The third kappa shape index (κ3) is 6.80. The summed E-state index contributed by atoms with van der Waals surface area (Å²) in [5.74, 6) is -0.596. The Morgan fingerprint density at radius 2 is 1.40 bits per heavy atom. The van der Waals surface area contributed by atoms with Crippen LogP contribution in [0.4, 0.5) is 9.59 Å². The number of amides is 2. The highest BCUT2D eigenvalue weighted by Gasteiger charge is 2.38. The van der Waals surface area contributed by atoms with Gasteiger partial charge in [-0.25, -0.2) is 14.4 Å². The molecule has 1 atom stereocenters. The monoisotopic (exact) mass is 358 g/mol. The second-order valence-corrected chi connectivity index (χ2v) is 7.99. The van der Waals surface area contributed by atoms with E-state index in [-0.39, 0.29) is 13.1 Å². The standard InChI is InChI=1S/C17H30N2O6/c1-16(2,3)24-14(21)18-9-8-10-19(12(11-18)13(20)23-7)15(22)25-17(4,5)6/h12H,8-11H2,1-7H3/t12-/m0/s1. The van der Waals surface area contributed by atoms with Crippen molar-refractivity contribution >= 4 is 18.2 Å². The maximum Gasteiger partial charge on any atom is 0.411 e. The Balaban J connectivity index is 2.97. The molecule has 0 unspecified atom stereocenters. The van der Waals surface area contributed by atoms with Crippen LogP contribution in [0.25, 0.3) is 0 Å². The van der Waals surface area contributed by atoms with Gasteiger partial charge in [-0.2, -0.15) is 0 Å². The first-order chi connectivity index (χ1) is 11.3. The van der Waals surface area contributed by atoms with Gasteiger partial charge in [0.2, 0.25) is 0 Å². The minimum atomic E-state index is -0.935. The number of nitrogens with zero attached hydrogens (tertiary/aromatic N) is 2. The fraction of sp³-hybridized carbons (Fsp3) is 0.824. The first-order valence-corrected chi connectivity index (χ1v) is 8.39. The van der Waals surface area contributed by atoms with Crippen LogP contribution < -0.4 is 0 Å². The summed E-state index contributed by atoms with van der Waals surface area (Å²) in [7, 11) is 1.25. The van der Waals surface area contributed by atoms with Crippen LogP contribution in [-0.4, -0.2) is 71.9 Å². The lowest BCUT2D eigenvalue weighted by Gasteiger charge is -2.32. The summed E-state index contributed by atoms with van der Waals surface area (Å²) in [6.07, 6.45) is -0.618. The average molecular weight is 358 g/mol. The van der Waals surface area contributed by atoms with Crippen molar-refractivity contribution in [2.45, 2.75) is 65.2 Å². The molecule has 0 saturated carbocycles. The molecule has 0 N–H and O–H groups in total. The second kappa shape index (κ2) is 7.93. The van der Waals surface area contributed by atoms with Crippen LogP contribution in [-0.2, 0) is 19.0 Å². The van der Waals surface area contributed by atoms with Gasteiger partial charge in [0.1, 0.15) is 11.2 Å². The van der Waals surface area contributed by atoms with Gasteiger partial charge in [0.25, 0.3) is 0 Å². The minimum Gasteiger partial charge on any atom is -0.467 e. The summed E-state index contributed by atoms with van der Waals surface area (Å²) in [4.78, 5) is 39.8. The van der Waals surface area contributed by atoms with Crippen LogP contribution in [0.5, 0.6) is 0 Å². The molecule has 1 rings (SSSR count). The molecule has 1 aliphatic rings. The lowest BCUT2D eigenvalue weighted by molar-refractivity contribution is -0.147. The molecule has 0 bridgehead atoms. The quantitative estimate of drug-likeness (QED) is 0.528. The molecule has 8 heteroatoms. The number of carbonyl (C=O) groups excluding carboxylic acids is 3. The van der Waals surface area contributed by atoms with Crippen molar-refractivity contribution < 1.29 is 28.6 Å². The maximum atomic E-state index is 12.5. The van der Waals surface area contributed by atoms with E-state index in [1.54, 1.807) is 41.5 Å². The Hall–Kier alpha value is -1.99. The molecular weight excluding hydrogens is 328 g/mol. The zero-order valence-electron chi connectivity index (χ0n) is 16.2. The van der Waals surface area contributed by atoms with Gasteiger partial charge in [-0.3, -0.25) is 4.90 Å².